The first-order chi connectivity index (χ1) is 21.8. The van der Waals surface area contributed by atoms with Crippen molar-refractivity contribution >= 4 is 43.7 Å². The summed E-state index contributed by atoms with van der Waals surface area (Å²) in [5.74, 6) is 0.694. The van der Waals surface area contributed by atoms with Crippen LogP contribution in [0.2, 0.25) is 0 Å². The largest absolute Gasteiger partial charge is 0.456 e. The van der Waals surface area contributed by atoms with Crippen LogP contribution in [-0.4, -0.2) is 14.5 Å². The van der Waals surface area contributed by atoms with Gasteiger partial charge in [0.1, 0.15) is 11.2 Å². The third kappa shape index (κ3) is 3.85. The van der Waals surface area contributed by atoms with Crippen molar-refractivity contribution in [3.63, 3.8) is 0 Å². The molecule has 0 N–H and O–H groups in total. The minimum atomic E-state index is 0.694. The molecular formula is C40H25N3O. The number of furan rings is 1. The van der Waals surface area contributed by atoms with Crippen LogP contribution in [0.3, 0.4) is 0 Å². The van der Waals surface area contributed by atoms with Gasteiger partial charge in [-0.1, -0.05) is 97.1 Å². The molecule has 0 atom stereocenters. The minimum absolute atomic E-state index is 0.694. The molecule has 0 aliphatic carbocycles. The second-order valence-electron chi connectivity index (χ2n) is 11.0. The number of hydrogen-bond acceptors (Lipinski definition) is 3. The van der Waals surface area contributed by atoms with E-state index in [1.165, 1.54) is 10.8 Å². The second kappa shape index (κ2) is 9.79. The van der Waals surface area contributed by atoms with Gasteiger partial charge in [0.25, 0.3) is 0 Å². The fourth-order valence-electron chi connectivity index (χ4n) is 6.42. The van der Waals surface area contributed by atoms with E-state index in [1.807, 2.05) is 42.5 Å². The Labute approximate surface area is 253 Å². The van der Waals surface area contributed by atoms with E-state index < -0.39 is 0 Å². The highest BCUT2D eigenvalue weighted by Gasteiger charge is 2.19. The van der Waals surface area contributed by atoms with Gasteiger partial charge in [0.2, 0.25) is 0 Å². The lowest BCUT2D eigenvalue weighted by Gasteiger charge is -2.11. The van der Waals surface area contributed by atoms with Gasteiger partial charge in [-0.2, -0.15) is 0 Å². The molecule has 0 spiro atoms. The molecule has 0 bridgehead atoms. The van der Waals surface area contributed by atoms with E-state index in [0.29, 0.717) is 5.82 Å². The predicted octanol–water partition coefficient (Wildman–Crippen LogP) is 10.5. The molecule has 4 nitrogen and oxygen atoms in total. The molecule has 44 heavy (non-hydrogen) atoms. The lowest BCUT2D eigenvalue weighted by atomic mass is 10.0. The van der Waals surface area contributed by atoms with E-state index in [9.17, 15) is 0 Å². The first kappa shape index (κ1) is 24.6. The highest BCUT2D eigenvalue weighted by Crippen LogP contribution is 2.40. The zero-order valence-electron chi connectivity index (χ0n) is 23.7. The maximum Gasteiger partial charge on any atom is 0.160 e. The number of aromatic nitrogens is 3. The lowest BCUT2D eigenvalue weighted by molar-refractivity contribution is 0.669. The summed E-state index contributed by atoms with van der Waals surface area (Å²) < 4.78 is 8.46. The summed E-state index contributed by atoms with van der Waals surface area (Å²) in [4.78, 5) is 10.3. The molecule has 3 aromatic heterocycles. The molecule has 0 aliphatic rings. The molecule has 9 aromatic rings. The van der Waals surface area contributed by atoms with E-state index in [4.69, 9.17) is 14.4 Å². The molecule has 0 radical (unpaired) electrons. The smallest absolute Gasteiger partial charge is 0.160 e. The van der Waals surface area contributed by atoms with Crippen molar-refractivity contribution in [1.29, 1.82) is 0 Å². The average Bonchev–Trinajstić information content (AvgIpc) is 3.64. The predicted molar refractivity (Wildman–Crippen MR) is 180 cm³/mol. The molecule has 3 heterocycles. The number of fused-ring (bicyclic) bond motifs is 6. The molecule has 206 valence electrons. The third-order valence-electron chi connectivity index (χ3n) is 8.42. The molecule has 0 aliphatic heterocycles. The van der Waals surface area contributed by atoms with E-state index in [0.717, 1.165) is 66.7 Å². The molecule has 0 unspecified atom stereocenters. The van der Waals surface area contributed by atoms with Gasteiger partial charge in [0, 0.05) is 43.9 Å². The Morgan fingerprint density at radius 3 is 2.00 bits per heavy atom. The first-order valence-corrected chi connectivity index (χ1v) is 14.8. The summed E-state index contributed by atoms with van der Waals surface area (Å²) in [6.07, 6.45) is 0. The average molecular weight is 564 g/mol. The van der Waals surface area contributed by atoms with Crippen LogP contribution in [0.4, 0.5) is 0 Å². The topological polar surface area (TPSA) is 43.9 Å². The number of para-hydroxylation sites is 3. The van der Waals surface area contributed by atoms with Gasteiger partial charge >= 0.3 is 0 Å². The second-order valence-corrected chi connectivity index (χ2v) is 11.0. The molecular weight excluding hydrogens is 538 g/mol. The van der Waals surface area contributed by atoms with Crippen LogP contribution < -0.4 is 0 Å². The van der Waals surface area contributed by atoms with Crippen molar-refractivity contribution in [1.82, 2.24) is 14.5 Å². The summed E-state index contributed by atoms with van der Waals surface area (Å²) in [7, 11) is 0. The van der Waals surface area contributed by atoms with Crippen LogP contribution in [0, 0.1) is 0 Å². The Morgan fingerprint density at radius 2 is 1.14 bits per heavy atom. The van der Waals surface area contributed by atoms with Crippen molar-refractivity contribution in [2.24, 2.45) is 0 Å². The number of rotatable bonds is 4. The Bertz CT molecular complexity index is 2490. The van der Waals surface area contributed by atoms with E-state index in [1.54, 1.807) is 0 Å². The summed E-state index contributed by atoms with van der Waals surface area (Å²) in [6.45, 7) is 0. The Morgan fingerprint density at radius 1 is 0.455 bits per heavy atom. The number of benzene rings is 6. The monoisotopic (exact) mass is 563 g/mol. The summed E-state index contributed by atoms with van der Waals surface area (Å²) in [5.41, 5.74) is 10.00. The molecule has 0 saturated heterocycles. The zero-order chi connectivity index (χ0) is 29.0. The fraction of sp³-hybridized carbons (Fsp3) is 0. The van der Waals surface area contributed by atoms with Crippen molar-refractivity contribution in [2.75, 3.05) is 0 Å². The van der Waals surface area contributed by atoms with Gasteiger partial charge in [-0.25, -0.2) is 9.97 Å². The van der Waals surface area contributed by atoms with Crippen LogP contribution >= 0.6 is 0 Å². The van der Waals surface area contributed by atoms with Gasteiger partial charge in [0.05, 0.1) is 22.4 Å². The minimum Gasteiger partial charge on any atom is -0.456 e. The fourth-order valence-corrected chi connectivity index (χ4v) is 6.42. The van der Waals surface area contributed by atoms with Crippen LogP contribution in [0.5, 0.6) is 0 Å². The van der Waals surface area contributed by atoms with Gasteiger partial charge in [0.15, 0.2) is 5.82 Å². The maximum absolute atomic E-state index is 6.12. The van der Waals surface area contributed by atoms with Gasteiger partial charge < -0.3 is 8.98 Å². The van der Waals surface area contributed by atoms with Gasteiger partial charge in [-0.15, -0.1) is 0 Å². The Balaban J connectivity index is 1.32. The highest BCUT2D eigenvalue weighted by molar-refractivity contribution is 6.15. The molecule has 6 aromatic carbocycles. The summed E-state index contributed by atoms with van der Waals surface area (Å²) >= 11 is 0. The van der Waals surface area contributed by atoms with Crippen molar-refractivity contribution < 1.29 is 4.42 Å². The van der Waals surface area contributed by atoms with Crippen LogP contribution in [-0.2, 0) is 0 Å². The Kier molecular flexibility index (Phi) is 5.47. The van der Waals surface area contributed by atoms with Gasteiger partial charge in [-0.3, -0.25) is 0 Å². The lowest BCUT2D eigenvalue weighted by Crippen LogP contribution is -1.96. The number of hydrogen-bond donors (Lipinski definition) is 0. The van der Waals surface area contributed by atoms with E-state index in [-0.39, 0.29) is 0 Å². The van der Waals surface area contributed by atoms with Crippen molar-refractivity contribution in [3.8, 4) is 39.6 Å². The van der Waals surface area contributed by atoms with Gasteiger partial charge in [-0.05, 0) is 54.6 Å². The standard InChI is InChI=1S/C40H25N3O/c1-3-12-26(13-4-1)40-41-33(27-22-23-38-32(24-27)29-16-8-10-21-37(29)44-38)25-34(42-40)30-18-11-20-36-39(30)31-17-7-9-19-35(31)43(36)28-14-5-2-6-15-28/h1-25H. The first-order valence-electron chi connectivity index (χ1n) is 14.8. The normalized spacial score (nSPS) is 11.6. The number of nitrogens with zero attached hydrogens (tertiary/aromatic N) is 3. The molecule has 9 rings (SSSR count). The van der Waals surface area contributed by atoms with Crippen LogP contribution in [0.1, 0.15) is 0 Å². The zero-order valence-corrected chi connectivity index (χ0v) is 23.7. The van der Waals surface area contributed by atoms with E-state index >= 15 is 0 Å². The molecule has 0 fully saturated rings. The highest BCUT2D eigenvalue weighted by atomic mass is 16.3. The van der Waals surface area contributed by atoms with Crippen LogP contribution in [0.15, 0.2) is 156 Å². The van der Waals surface area contributed by atoms with E-state index in [2.05, 4.69) is 114 Å². The quantitative estimate of drug-likeness (QED) is 0.214. The van der Waals surface area contributed by atoms with Crippen LogP contribution in [0.25, 0.3) is 83.3 Å². The summed E-state index contributed by atoms with van der Waals surface area (Å²) in [5, 5.41) is 4.54. The maximum atomic E-state index is 6.12. The third-order valence-corrected chi connectivity index (χ3v) is 8.42. The van der Waals surface area contributed by atoms with Crippen molar-refractivity contribution in [3.05, 3.63) is 152 Å². The SMILES string of the molecule is c1ccc(-c2nc(-c3ccc4oc5ccccc5c4c3)cc(-c3cccc4c3c3ccccc3n4-c3ccccc3)n2)cc1. The van der Waals surface area contributed by atoms with Crippen molar-refractivity contribution in [2.45, 2.75) is 0 Å². The molecule has 4 heteroatoms. The Hall–Kier alpha value is -6.00. The molecule has 0 saturated carbocycles. The summed E-state index contributed by atoms with van der Waals surface area (Å²) in [6, 6.07) is 52.5. The molecule has 0 amide bonds.